The summed E-state index contributed by atoms with van der Waals surface area (Å²) in [5, 5.41) is 15.0. The van der Waals surface area contributed by atoms with E-state index in [4.69, 9.17) is 5.11 Å². The number of aliphatic hydroxyl groups excluding tert-OH is 1. The summed E-state index contributed by atoms with van der Waals surface area (Å²) >= 11 is 0. The molecule has 2 aromatic heterocycles. The van der Waals surface area contributed by atoms with Gasteiger partial charge in [-0.25, -0.2) is 4.98 Å². The van der Waals surface area contributed by atoms with Crippen LogP contribution in [0.2, 0.25) is 0 Å². The normalized spacial score (nSPS) is 11.7. The molecule has 0 fully saturated rings. The minimum Gasteiger partial charge on any atom is -0.395 e. The Kier molecular flexibility index (Phi) is 5.45. The number of aryl methyl sites for hydroxylation is 1. The van der Waals surface area contributed by atoms with Gasteiger partial charge in [0.05, 0.1) is 18.5 Å². The molecular formula is C17H19F3N6O. The number of fused-ring (bicyclic) bond motifs is 1. The van der Waals surface area contributed by atoms with Crippen LogP contribution in [0.4, 0.5) is 24.9 Å². The molecule has 144 valence electrons. The lowest BCUT2D eigenvalue weighted by molar-refractivity contribution is -0.137. The molecule has 0 aliphatic heterocycles. The van der Waals surface area contributed by atoms with Gasteiger partial charge in [0, 0.05) is 19.6 Å². The number of alkyl halides is 3. The lowest BCUT2D eigenvalue weighted by atomic mass is 10.1. The Labute approximate surface area is 153 Å². The molecule has 0 saturated carbocycles. The fourth-order valence-corrected chi connectivity index (χ4v) is 2.54. The highest BCUT2D eigenvalue weighted by molar-refractivity contribution is 5.84. The largest absolute Gasteiger partial charge is 0.416 e. The Balaban J connectivity index is 1.84. The van der Waals surface area contributed by atoms with Crippen LogP contribution in [0.15, 0.2) is 30.6 Å². The molecule has 0 aliphatic rings. The zero-order valence-corrected chi connectivity index (χ0v) is 14.6. The smallest absolute Gasteiger partial charge is 0.395 e. The first-order valence-corrected chi connectivity index (χ1v) is 8.40. The van der Waals surface area contributed by atoms with Crippen molar-refractivity contribution in [1.82, 2.24) is 19.5 Å². The summed E-state index contributed by atoms with van der Waals surface area (Å²) in [4.78, 5) is 13.1. The summed E-state index contributed by atoms with van der Waals surface area (Å²) < 4.78 is 39.8. The molecule has 0 atom stereocenters. The molecule has 10 heteroatoms. The first-order valence-electron chi connectivity index (χ1n) is 8.40. The van der Waals surface area contributed by atoms with Crippen LogP contribution in [-0.4, -0.2) is 37.8 Å². The second-order valence-corrected chi connectivity index (χ2v) is 5.80. The summed E-state index contributed by atoms with van der Waals surface area (Å²) in [5.41, 5.74) is 1.18. The van der Waals surface area contributed by atoms with Crippen LogP contribution in [0.5, 0.6) is 0 Å². The van der Waals surface area contributed by atoms with Gasteiger partial charge in [-0.3, -0.25) is 0 Å². The average Bonchev–Trinajstić information content (AvgIpc) is 3.07. The van der Waals surface area contributed by atoms with Crippen LogP contribution in [0.1, 0.15) is 18.1 Å². The molecule has 1 aromatic carbocycles. The van der Waals surface area contributed by atoms with Gasteiger partial charge in [0.1, 0.15) is 0 Å². The van der Waals surface area contributed by atoms with Crippen LogP contribution >= 0.6 is 0 Å². The lowest BCUT2D eigenvalue weighted by Crippen LogP contribution is -2.11. The fourth-order valence-electron chi connectivity index (χ4n) is 2.54. The molecule has 0 bridgehead atoms. The monoisotopic (exact) mass is 380 g/mol. The first kappa shape index (κ1) is 18.9. The number of aromatic nitrogens is 4. The zero-order valence-electron chi connectivity index (χ0n) is 14.6. The second kappa shape index (κ2) is 7.78. The molecule has 7 nitrogen and oxygen atoms in total. The van der Waals surface area contributed by atoms with Crippen LogP contribution in [-0.2, 0) is 19.3 Å². The molecule has 0 aliphatic carbocycles. The third kappa shape index (κ3) is 4.27. The van der Waals surface area contributed by atoms with Crippen molar-refractivity contribution in [3.05, 3.63) is 41.7 Å². The molecule has 0 amide bonds. The highest BCUT2D eigenvalue weighted by atomic mass is 19.4. The van der Waals surface area contributed by atoms with Gasteiger partial charge in [0.15, 0.2) is 17.0 Å². The van der Waals surface area contributed by atoms with Gasteiger partial charge in [-0.15, -0.1) is 0 Å². The van der Waals surface area contributed by atoms with Crippen LogP contribution in [0.25, 0.3) is 11.2 Å². The summed E-state index contributed by atoms with van der Waals surface area (Å²) in [6.45, 7) is 3.14. The van der Waals surface area contributed by atoms with Crippen molar-refractivity contribution in [3.8, 4) is 0 Å². The highest BCUT2D eigenvalue weighted by Gasteiger charge is 2.29. The van der Waals surface area contributed by atoms with Crippen molar-refractivity contribution in [2.75, 3.05) is 23.8 Å². The van der Waals surface area contributed by atoms with Gasteiger partial charge >= 0.3 is 6.18 Å². The SMILES string of the molecule is CCn1cnc2c(NCc3ccc(C(F)(F)F)cc3)nc(NCCO)nc21. The Morgan fingerprint density at radius 1 is 1.11 bits per heavy atom. The van der Waals surface area contributed by atoms with E-state index in [-0.39, 0.29) is 13.2 Å². The number of halogens is 3. The molecule has 0 spiro atoms. The number of benzene rings is 1. The van der Waals surface area contributed by atoms with Crippen LogP contribution in [0.3, 0.4) is 0 Å². The molecule has 0 unspecified atom stereocenters. The summed E-state index contributed by atoms with van der Waals surface area (Å²) in [6, 6.07) is 4.94. The third-order valence-electron chi connectivity index (χ3n) is 3.94. The predicted molar refractivity (Wildman–Crippen MR) is 95.3 cm³/mol. The van der Waals surface area contributed by atoms with Gasteiger partial charge in [-0.2, -0.15) is 23.1 Å². The third-order valence-corrected chi connectivity index (χ3v) is 3.94. The summed E-state index contributed by atoms with van der Waals surface area (Å²) in [7, 11) is 0. The molecule has 0 saturated heterocycles. The Hall–Kier alpha value is -2.88. The van der Waals surface area contributed by atoms with E-state index in [2.05, 4.69) is 25.6 Å². The minimum atomic E-state index is -4.36. The maximum Gasteiger partial charge on any atom is 0.416 e. The molecule has 3 rings (SSSR count). The minimum absolute atomic E-state index is 0.0667. The predicted octanol–water partition coefficient (Wildman–Crippen LogP) is 2.88. The van der Waals surface area contributed by atoms with Gasteiger partial charge in [-0.1, -0.05) is 12.1 Å². The van der Waals surface area contributed by atoms with Crippen molar-refractivity contribution in [1.29, 1.82) is 0 Å². The number of hydrogen-bond acceptors (Lipinski definition) is 6. The van der Waals surface area contributed by atoms with Gasteiger partial charge in [0.2, 0.25) is 5.95 Å². The van der Waals surface area contributed by atoms with E-state index in [0.717, 1.165) is 12.1 Å². The van der Waals surface area contributed by atoms with Crippen molar-refractivity contribution >= 4 is 22.9 Å². The standard InChI is InChI=1S/C17H19F3N6O/c1-2-26-10-23-13-14(24-16(21-7-8-27)25-15(13)26)22-9-11-3-5-12(6-4-11)17(18,19)20/h3-6,10,27H,2,7-9H2,1H3,(H2,21,22,24,25). The fraction of sp³-hybridized carbons (Fsp3) is 0.353. The van der Waals surface area contributed by atoms with E-state index < -0.39 is 11.7 Å². The van der Waals surface area contributed by atoms with E-state index in [0.29, 0.717) is 41.6 Å². The molecule has 2 heterocycles. The van der Waals surface area contributed by atoms with Crippen LogP contribution in [0, 0.1) is 0 Å². The first-order chi connectivity index (χ1) is 12.9. The quantitative estimate of drug-likeness (QED) is 0.584. The number of anilines is 2. The number of imidazole rings is 1. The molecule has 3 N–H and O–H groups in total. The number of aliphatic hydroxyl groups is 1. The van der Waals surface area contributed by atoms with Gasteiger partial charge in [-0.05, 0) is 24.6 Å². The maximum atomic E-state index is 12.7. The topological polar surface area (TPSA) is 87.9 Å². The molecule has 0 radical (unpaired) electrons. The van der Waals surface area contributed by atoms with E-state index >= 15 is 0 Å². The number of nitrogens with zero attached hydrogens (tertiary/aromatic N) is 4. The van der Waals surface area contributed by atoms with Crippen molar-refractivity contribution in [3.63, 3.8) is 0 Å². The maximum absolute atomic E-state index is 12.7. The number of nitrogens with one attached hydrogen (secondary N) is 2. The number of hydrogen-bond donors (Lipinski definition) is 3. The summed E-state index contributed by atoms with van der Waals surface area (Å²) in [5.74, 6) is 0.800. The highest BCUT2D eigenvalue weighted by Crippen LogP contribution is 2.29. The van der Waals surface area contributed by atoms with Crippen molar-refractivity contribution in [2.45, 2.75) is 26.2 Å². The van der Waals surface area contributed by atoms with E-state index in [1.54, 1.807) is 6.33 Å². The lowest BCUT2D eigenvalue weighted by Gasteiger charge is -2.11. The van der Waals surface area contributed by atoms with E-state index in [1.165, 1.54) is 12.1 Å². The Morgan fingerprint density at radius 2 is 1.85 bits per heavy atom. The second-order valence-electron chi connectivity index (χ2n) is 5.80. The summed E-state index contributed by atoms with van der Waals surface area (Å²) in [6.07, 6.45) is -2.70. The van der Waals surface area contributed by atoms with E-state index in [1.807, 2.05) is 11.5 Å². The molecule has 27 heavy (non-hydrogen) atoms. The Bertz CT molecular complexity index is 907. The zero-order chi connectivity index (χ0) is 19.4. The van der Waals surface area contributed by atoms with Crippen LogP contribution < -0.4 is 10.6 Å². The Morgan fingerprint density at radius 3 is 2.48 bits per heavy atom. The molecule has 3 aromatic rings. The van der Waals surface area contributed by atoms with E-state index in [9.17, 15) is 13.2 Å². The average molecular weight is 380 g/mol. The van der Waals surface area contributed by atoms with Crippen molar-refractivity contribution < 1.29 is 18.3 Å². The van der Waals surface area contributed by atoms with Gasteiger partial charge in [0.25, 0.3) is 0 Å². The number of rotatable bonds is 7. The molecular weight excluding hydrogens is 361 g/mol. The van der Waals surface area contributed by atoms with Gasteiger partial charge < -0.3 is 20.3 Å². The van der Waals surface area contributed by atoms with Crippen molar-refractivity contribution in [2.24, 2.45) is 0 Å².